The fraction of sp³-hybridized carbons (Fsp3) is 0.444. The molecule has 0 atom stereocenters. The lowest BCUT2D eigenvalue weighted by molar-refractivity contribution is -0.122. The van der Waals surface area contributed by atoms with Crippen LogP contribution in [0.15, 0.2) is 21.7 Å². The van der Waals surface area contributed by atoms with Gasteiger partial charge in [0.2, 0.25) is 0 Å². The number of hydrogen-bond acceptors (Lipinski definition) is 3. The Morgan fingerprint density at radius 1 is 1.43 bits per heavy atom. The normalized spacial score (nSPS) is 10.5. The van der Waals surface area contributed by atoms with Crippen LogP contribution in [0.25, 0.3) is 0 Å². The highest BCUT2D eigenvalue weighted by Gasteiger charge is 2.08. The molecular formula is C9H12N2O3. The zero-order valence-electron chi connectivity index (χ0n) is 8.11. The van der Waals surface area contributed by atoms with Crippen molar-refractivity contribution in [3.8, 4) is 0 Å². The molecule has 0 aliphatic rings. The van der Waals surface area contributed by atoms with Gasteiger partial charge in [0.1, 0.15) is 6.54 Å². The van der Waals surface area contributed by atoms with E-state index in [2.05, 4.69) is 5.10 Å². The first-order chi connectivity index (χ1) is 6.50. The van der Waals surface area contributed by atoms with Crippen molar-refractivity contribution in [3.05, 3.63) is 32.8 Å². The number of aromatic amines is 1. The van der Waals surface area contributed by atoms with E-state index in [1.165, 1.54) is 0 Å². The van der Waals surface area contributed by atoms with Gasteiger partial charge in [0, 0.05) is 18.1 Å². The van der Waals surface area contributed by atoms with Gasteiger partial charge in [-0.05, 0) is 0 Å². The summed E-state index contributed by atoms with van der Waals surface area (Å²) in [5.41, 5.74) is -0.764. The summed E-state index contributed by atoms with van der Waals surface area (Å²) in [6.45, 7) is 3.41. The van der Waals surface area contributed by atoms with Crippen LogP contribution >= 0.6 is 0 Å². The monoisotopic (exact) mass is 196 g/mol. The Kier molecular flexibility index (Phi) is 3.01. The largest absolute Gasteiger partial charge is 0.297 e. The number of H-pyrrole nitrogens is 1. The van der Waals surface area contributed by atoms with Crippen molar-refractivity contribution in [2.75, 3.05) is 0 Å². The molecule has 0 amide bonds. The lowest BCUT2D eigenvalue weighted by Crippen LogP contribution is -2.31. The fourth-order valence-corrected chi connectivity index (χ4v) is 0.918. The molecule has 1 aromatic rings. The third-order valence-corrected chi connectivity index (χ3v) is 1.85. The average molecular weight is 196 g/mol. The summed E-state index contributed by atoms with van der Waals surface area (Å²) < 4.78 is 1.02. The van der Waals surface area contributed by atoms with E-state index in [0.717, 1.165) is 16.8 Å². The van der Waals surface area contributed by atoms with E-state index in [9.17, 15) is 14.4 Å². The van der Waals surface area contributed by atoms with Gasteiger partial charge in [-0.1, -0.05) is 13.8 Å². The molecule has 0 radical (unpaired) electrons. The van der Waals surface area contributed by atoms with Gasteiger partial charge < -0.3 is 0 Å². The van der Waals surface area contributed by atoms with Gasteiger partial charge in [0.15, 0.2) is 5.78 Å². The van der Waals surface area contributed by atoms with Gasteiger partial charge in [-0.3, -0.25) is 19.5 Å². The molecular weight excluding hydrogens is 184 g/mol. The first kappa shape index (κ1) is 10.4. The molecule has 0 spiro atoms. The third-order valence-electron chi connectivity index (χ3n) is 1.85. The minimum atomic E-state index is -0.388. The maximum Gasteiger partial charge on any atom is 0.265 e. The number of rotatable bonds is 3. The molecule has 0 unspecified atom stereocenters. The molecule has 0 aliphatic carbocycles. The molecule has 1 heterocycles. The summed E-state index contributed by atoms with van der Waals surface area (Å²) in [4.78, 5) is 33.3. The highest BCUT2D eigenvalue weighted by molar-refractivity contribution is 5.79. The van der Waals surface area contributed by atoms with Crippen LogP contribution in [0.4, 0.5) is 0 Å². The Labute approximate surface area is 80.4 Å². The molecule has 0 saturated carbocycles. The van der Waals surface area contributed by atoms with E-state index >= 15 is 0 Å². The molecule has 1 N–H and O–H groups in total. The topological polar surface area (TPSA) is 71.9 Å². The van der Waals surface area contributed by atoms with E-state index in [1.54, 1.807) is 13.8 Å². The predicted molar refractivity (Wildman–Crippen MR) is 51.2 cm³/mol. The Morgan fingerprint density at radius 3 is 2.64 bits per heavy atom. The van der Waals surface area contributed by atoms with Gasteiger partial charge in [-0.2, -0.15) is 0 Å². The van der Waals surface area contributed by atoms with Crippen molar-refractivity contribution in [3.63, 3.8) is 0 Å². The van der Waals surface area contributed by atoms with E-state index in [4.69, 9.17) is 0 Å². The summed E-state index contributed by atoms with van der Waals surface area (Å²) in [5, 5.41) is 2.29. The Morgan fingerprint density at radius 2 is 2.07 bits per heavy atom. The maximum absolute atomic E-state index is 11.3. The van der Waals surface area contributed by atoms with Crippen LogP contribution in [0, 0.1) is 5.92 Å². The molecule has 5 heteroatoms. The van der Waals surface area contributed by atoms with Crippen LogP contribution in [-0.4, -0.2) is 15.6 Å². The highest BCUT2D eigenvalue weighted by atomic mass is 16.2. The standard InChI is InChI=1S/C9H12N2O3/c1-6(2)7(12)5-11-9(14)4-3-8(13)10-11/h3-4,6H,5H2,1-2H3,(H,10,13). The minimum Gasteiger partial charge on any atom is -0.297 e. The number of nitrogens with one attached hydrogen (secondary N) is 1. The van der Waals surface area contributed by atoms with E-state index in [1.807, 2.05) is 0 Å². The number of carbonyl (C=O) groups excluding carboxylic acids is 1. The van der Waals surface area contributed by atoms with E-state index < -0.39 is 0 Å². The number of ketones is 1. The molecule has 14 heavy (non-hydrogen) atoms. The molecule has 76 valence electrons. The van der Waals surface area contributed by atoms with Gasteiger partial charge in [-0.25, -0.2) is 4.68 Å². The maximum atomic E-state index is 11.3. The van der Waals surface area contributed by atoms with Crippen molar-refractivity contribution >= 4 is 5.78 Å². The Hall–Kier alpha value is -1.65. The molecule has 0 aromatic carbocycles. The average Bonchev–Trinajstić information content (AvgIpc) is 2.11. The zero-order valence-corrected chi connectivity index (χ0v) is 8.11. The van der Waals surface area contributed by atoms with Crippen LogP contribution in [0.1, 0.15) is 13.8 Å². The predicted octanol–water partition coefficient (Wildman–Crippen LogP) is -0.238. The number of hydrogen-bond donors (Lipinski definition) is 1. The zero-order chi connectivity index (χ0) is 10.7. The first-order valence-electron chi connectivity index (χ1n) is 4.33. The van der Waals surface area contributed by atoms with Crippen LogP contribution in [-0.2, 0) is 11.3 Å². The number of carbonyl (C=O) groups is 1. The molecule has 5 nitrogen and oxygen atoms in total. The van der Waals surface area contributed by atoms with Crippen molar-refractivity contribution in [2.24, 2.45) is 5.92 Å². The van der Waals surface area contributed by atoms with Gasteiger partial charge in [0.25, 0.3) is 11.1 Å². The smallest absolute Gasteiger partial charge is 0.265 e. The molecule has 1 aromatic heterocycles. The molecule has 0 aliphatic heterocycles. The van der Waals surface area contributed by atoms with E-state index in [-0.39, 0.29) is 29.4 Å². The van der Waals surface area contributed by atoms with Crippen LogP contribution in [0.3, 0.4) is 0 Å². The summed E-state index contributed by atoms with van der Waals surface area (Å²) >= 11 is 0. The van der Waals surface area contributed by atoms with Crippen molar-refractivity contribution in [2.45, 2.75) is 20.4 Å². The van der Waals surface area contributed by atoms with Gasteiger partial charge >= 0.3 is 0 Å². The molecule has 0 bridgehead atoms. The van der Waals surface area contributed by atoms with Crippen LogP contribution in [0.5, 0.6) is 0 Å². The quantitative estimate of drug-likeness (QED) is 0.725. The van der Waals surface area contributed by atoms with Gasteiger partial charge in [0.05, 0.1) is 0 Å². The SMILES string of the molecule is CC(C)C(=O)Cn1[nH]c(=O)ccc1=O. The second-order valence-corrected chi connectivity index (χ2v) is 3.35. The molecule has 1 rings (SSSR count). The van der Waals surface area contributed by atoms with Crippen molar-refractivity contribution < 1.29 is 4.79 Å². The first-order valence-corrected chi connectivity index (χ1v) is 4.33. The van der Waals surface area contributed by atoms with Crippen LogP contribution < -0.4 is 11.1 Å². The van der Waals surface area contributed by atoms with E-state index in [0.29, 0.717) is 0 Å². The summed E-state index contributed by atoms with van der Waals surface area (Å²) in [5.74, 6) is -0.237. The van der Waals surface area contributed by atoms with Crippen molar-refractivity contribution in [1.29, 1.82) is 0 Å². The number of nitrogens with zero attached hydrogens (tertiary/aromatic N) is 1. The molecule has 0 saturated heterocycles. The second-order valence-electron chi connectivity index (χ2n) is 3.35. The van der Waals surface area contributed by atoms with Crippen LogP contribution in [0.2, 0.25) is 0 Å². The fourth-order valence-electron chi connectivity index (χ4n) is 0.918. The summed E-state index contributed by atoms with van der Waals surface area (Å²) in [6, 6.07) is 2.28. The molecule has 0 fully saturated rings. The number of aromatic nitrogens is 2. The highest BCUT2D eigenvalue weighted by Crippen LogP contribution is 1.94. The Bertz CT molecular complexity index is 442. The Balaban J connectivity index is 2.97. The second kappa shape index (κ2) is 4.04. The lowest BCUT2D eigenvalue weighted by Gasteiger charge is -2.05. The minimum absolute atomic E-state index is 0.0768. The van der Waals surface area contributed by atoms with Gasteiger partial charge in [-0.15, -0.1) is 0 Å². The third kappa shape index (κ3) is 2.42. The van der Waals surface area contributed by atoms with Crippen molar-refractivity contribution in [1.82, 2.24) is 9.78 Å². The summed E-state index contributed by atoms with van der Waals surface area (Å²) in [6.07, 6.45) is 0. The number of Topliss-reactive ketones (excluding diaryl/α,β-unsaturated/α-hetero) is 1. The lowest BCUT2D eigenvalue weighted by atomic mass is 10.1. The summed E-state index contributed by atoms with van der Waals surface area (Å²) in [7, 11) is 0.